The molecule has 0 aromatic heterocycles. The number of hydrogen-bond donors (Lipinski definition) is 1. The van der Waals surface area contributed by atoms with Crippen LogP contribution in [0.3, 0.4) is 0 Å². The highest BCUT2D eigenvalue weighted by Crippen LogP contribution is 2.25. The number of non-ortho nitro benzene ring substituents is 1. The lowest BCUT2D eigenvalue weighted by atomic mass is 10.1. The van der Waals surface area contributed by atoms with Crippen LogP contribution in [0.15, 0.2) is 18.2 Å². The van der Waals surface area contributed by atoms with Crippen LogP contribution in [-0.4, -0.2) is 18.6 Å². The summed E-state index contributed by atoms with van der Waals surface area (Å²) in [6.45, 7) is 2.81. The van der Waals surface area contributed by atoms with Crippen LogP contribution in [0, 0.1) is 10.1 Å². The van der Waals surface area contributed by atoms with Gasteiger partial charge in [-0.15, -0.1) is 0 Å². The second kappa shape index (κ2) is 9.18. The van der Waals surface area contributed by atoms with Gasteiger partial charge in [0, 0.05) is 24.9 Å². The van der Waals surface area contributed by atoms with Crippen LogP contribution < -0.4 is 10.1 Å². The molecule has 1 aromatic carbocycles. The van der Waals surface area contributed by atoms with Crippen molar-refractivity contribution >= 4 is 11.4 Å². The van der Waals surface area contributed by atoms with Crippen molar-refractivity contribution < 1.29 is 9.66 Å². The lowest BCUT2D eigenvalue weighted by Crippen LogP contribution is -2.00. The molecule has 0 radical (unpaired) electrons. The molecule has 1 N–H and O–H groups in total. The fourth-order valence-electron chi connectivity index (χ4n) is 1.99. The number of benzene rings is 1. The lowest BCUT2D eigenvalue weighted by Gasteiger charge is -2.08. The van der Waals surface area contributed by atoms with Crippen molar-refractivity contribution in [2.24, 2.45) is 0 Å². The molecule has 112 valence electrons. The standard InChI is InChI=1S/C15H24N2O3/c1-3-4-5-6-7-8-9-20-15-11-13(16-2)10-14(12-15)17(18)19/h10-12,16H,3-9H2,1-2H3. The zero-order chi connectivity index (χ0) is 14.8. The van der Waals surface area contributed by atoms with E-state index >= 15 is 0 Å². The van der Waals surface area contributed by atoms with Gasteiger partial charge in [0.05, 0.1) is 17.6 Å². The number of anilines is 1. The van der Waals surface area contributed by atoms with E-state index in [1.807, 2.05) is 0 Å². The van der Waals surface area contributed by atoms with Gasteiger partial charge in [0.25, 0.3) is 5.69 Å². The molecule has 1 aromatic rings. The van der Waals surface area contributed by atoms with Crippen LogP contribution in [0.2, 0.25) is 0 Å². The highest BCUT2D eigenvalue weighted by Gasteiger charge is 2.09. The summed E-state index contributed by atoms with van der Waals surface area (Å²) >= 11 is 0. The number of unbranched alkanes of at least 4 members (excludes halogenated alkanes) is 5. The molecule has 0 aliphatic rings. The summed E-state index contributed by atoms with van der Waals surface area (Å²) in [4.78, 5) is 10.4. The summed E-state index contributed by atoms with van der Waals surface area (Å²) in [7, 11) is 1.73. The van der Waals surface area contributed by atoms with Crippen molar-refractivity contribution in [2.45, 2.75) is 45.4 Å². The summed E-state index contributed by atoms with van der Waals surface area (Å²) in [5, 5.41) is 13.7. The van der Waals surface area contributed by atoms with Gasteiger partial charge in [-0.05, 0) is 6.42 Å². The third kappa shape index (κ3) is 5.91. The Morgan fingerprint density at radius 1 is 1.15 bits per heavy atom. The van der Waals surface area contributed by atoms with Crippen molar-refractivity contribution in [1.82, 2.24) is 0 Å². The molecule has 0 atom stereocenters. The van der Waals surface area contributed by atoms with Gasteiger partial charge in [0.2, 0.25) is 0 Å². The van der Waals surface area contributed by atoms with E-state index in [-0.39, 0.29) is 5.69 Å². The Balaban J connectivity index is 2.39. The van der Waals surface area contributed by atoms with Crippen molar-refractivity contribution in [3.05, 3.63) is 28.3 Å². The molecule has 0 spiro atoms. The predicted octanol–water partition coefficient (Wildman–Crippen LogP) is 4.38. The minimum absolute atomic E-state index is 0.0507. The van der Waals surface area contributed by atoms with Crippen LogP contribution in [0.4, 0.5) is 11.4 Å². The highest BCUT2D eigenvalue weighted by molar-refractivity contribution is 5.55. The highest BCUT2D eigenvalue weighted by atomic mass is 16.6. The molecular formula is C15H24N2O3. The van der Waals surface area contributed by atoms with E-state index in [4.69, 9.17) is 4.74 Å². The first-order chi connectivity index (χ1) is 9.67. The zero-order valence-corrected chi connectivity index (χ0v) is 12.4. The van der Waals surface area contributed by atoms with E-state index in [9.17, 15) is 10.1 Å². The van der Waals surface area contributed by atoms with Gasteiger partial charge in [-0.2, -0.15) is 0 Å². The van der Waals surface area contributed by atoms with Crippen LogP contribution in [0.25, 0.3) is 0 Å². The van der Waals surface area contributed by atoms with Gasteiger partial charge in [-0.1, -0.05) is 39.0 Å². The molecular weight excluding hydrogens is 256 g/mol. The smallest absolute Gasteiger partial charge is 0.275 e. The first-order valence-corrected chi connectivity index (χ1v) is 7.27. The van der Waals surface area contributed by atoms with E-state index in [1.54, 1.807) is 13.1 Å². The molecule has 0 bridgehead atoms. The second-order valence-corrected chi connectivity index (χ2v) is 4.84. The van der Waals surface area contributed by atoms with Crippen LogP contribution in [0.1, 0.15) is 45.4 Å². The maximum absolute atomic E-state index is 10.8. The Kier molecular flexibility index (Phi) is 7.47. The SMILES string of the molecule is CCCCCCCCOc1cc(NC)cc([N+](=O)[O-])c1. The van der Waals surface area contributed by atoms with Crippen molar-refractivity contribution in [1.29, 1.82) is 0 Å². The number of hydrogen-bond acceptors (Lipinski definition) is 4. The summed E-state index contributed by atoms with van der Waals surface area (Å²) in [6.07, 6.45) is 7.18. The van der Waals surface area contributed by atoms with Gasteiger partial charge in [0.15, 0.2) is 0 Å². The average molecular weight is 280 g/mol. The Morgan fingerprint density at radius 3 is 2.50 bits per heavy atom. The number of rotatable bonds is 10. The Labute approximate surface area is 120 Å². The first-order valence-electron chi connectivity index (χ1n) is 7.27. The molecule has 5 heteroatoms. The quantitative estimate of drug-likeness (QED) is 0.392. The average Bonchev–Trinajstić information content (AvgIpc) is 2.46. The minimum atomic E-state index is -0.404. The monoisotopic (exact) mass is 280 g/mol. The maximum Gasteiger partial charge on any atom is 0.275 e. The molecule has 0 unspecified atom stereocenters. The molecule has 0 amide bonds. The number of nitrogens with zero attached hydrogens (tertiary/aromatic N) is 1. The number of nitro groups is 1. The largest absolute Gasteiger partial charge is 0.493 e. The number of nitrogens with one attached hydrogen (secondary N) is 1. The lowest BCUT2D eigenvalue weighted by molar-refractivity contribution is -0.384. The van der Waals surface area contributed by atoms with E-state index in [0.29, 0.717) is 18.0 Å². The van der Waals surface area contributed by atoms with E-state index < -0.39 is 4.92 Å². The van der Waals surface area contributed by atoms with E-state index in [2.05, 4.69) is 12.2 Å². The molecule has 20 heavy (non-hydrogen) atoms. The Morgan fingerprint density at radius 2 is 1.85 bits per heavy atom. The maximum atomic E-state index is 10.8. The number of nitro benzene ring substituents is 1. The van der Waals surface area contributed by atoms with Gasteiger partial charge < -0.3 is 10.1 Å². The van der Waals surface area contributed by atoms with E-state index in [0.717, 1.165) is 12.8 Å². The molecule has 0 fully saturated rings. The number of ether oxygens (including phenoxy) is 1. The normalized spacial score (nSPS) is 10.3. The fourth-order valence-corrected chi connectivity index (χ4v) is 1.99. The zero-order valence-electron chi connectivity index (χ0n) is 12.4. The third-order valence-corrected chi connectivity index (χ3v) is 3.16. The second-order valence-electron chi connectivity index (χ2n) is 4.84. The summed E-state index contributed by atoms with van der Waals surface area (Å²) in [5.41, 5.74) is 0.743. The van der Waals surface area contributed by atoms with Crippen LogP contribution in [-0.2, 0) is 0 Å². The third-order valence-electron chi connectivity index (χ3n) is 3.16. The minimum Gasteiger partial charge on any atom is -0.493 e. The molecule has 1 rings (SSSR count). The first kappa shape index (κ1) is 16.3. The van der Waals surface area contributed by atoms with Crippen molar-refractivity contribution in [3.8, 4) is 5.75 Å². The van der Waals surface area contributed by atoms with Crippen molar-refractivity contribution in [2.75, 3.05) is 19.0 Å². The summed E-state index contributed by atoms with van der Waals surface area (Å²) < 4.78 is 5.60. The topological polar surface area (TPSA) is 64.4 Å². The van der Waals surface area contributed by atoms with Gasteiger partial charge in [-0.3, -0.25) is 10.1 Å². The summed E-state index contributed by atoms with van der Waals surface area (Å²) in [5.74, 6) is 0.553. The Hall–Kier alpha value is -1.78. The fraction of sp³-hybridized carbons (Fsp3) is 0.600. The Bertz CT molecular complexity index is 422. The molecule has 0 saturated heterocycles. The van der Waals surface area contributed by atoms with Gasteiger partial charge in [-0.25, -0.2) is 0 Å². The van der Waals surface area contributed by atoms with Crippen molar-refractivity contribution in [3.63, 3.8) is 0 Å². The van der Waals surface area contributed by atoms with Crippen LogP contribution in [0.5, 0.6) is 5.75 Å². The summed E-state index contributed by atoms with van der Waals surface area (Å²) in [6, 6.07) is 4.75. The molecule has 0 saturated carbocycles. The molecule has 0 aliphatic carbocycles. The van der Waals surface area contributed by atoms with E-state index in [1.165, 1.54) is 37.8 Å². The predicted molar refractivity (Wildman–Crippen MR) is 81.5 cm³/mol. The molecule has 0 aliphatic heterocycles. The molecule has 0 heterocycles. The van der Waals surface area contributed by atoms with Gasteiger partial charge in [0.1, 0.15) is 5.75 Å². The van der Waals surface area contributed by atoms with Gasteiger partial charge >= 0.3 is 0 Å². The van der Waals surface area contributed by atoms with Crippen LogP contribution >= 0.6 is 0 Å². The molecule has 5 nitrogen and oxygen atoms in total.